The second kappa shape index (κ2) is 6.36. The molecule has 0 spiro atoms. The van der Waals surface area contributed by atoms with Gasteiger partial charge in [0.1, 0.15) is 11.6 Å². The SMILES string of the molecule is COCc1[nH]nc2c1[C@@H](c1ccc(SC)cc1)C(C#N)=C(N)O2. The summed E-state index contributed by atoms with van der Waals surface area (Å²) in [5, 5.41) is 16.6. The van der Waals surface area contributed by atoms with Gasteiger partial charge in [-0.15, -0.1) is 16.9 Å². The molecule has 6 nitrogen and oxygen atoms in total. The van der Waals surface area contributed by atoms with Crippen molar-refractivity contribution in [1.82, 2.24) is 10.2 Å². The van der Waals surface area contributed by atoms with Crippen LogP contribution in [-0.4, -0.2) is 23.6 Å². The number of allylic oxidation sites excluding steroid dienone is 1. The van der Waals surface area contributed by atoms with Gasteiger partial charge < -0.3 is 15.2 Å². The molecule has 1 aromatic heterocycles. The van der Waals surface area contributed by atoms with E-state index in [0.717, 1.165) is 21.7 Å². The molecule has 0 radical (unpaired) electrons. The van der Waals surface area contributed by atoms with Crippen LogP contribution in [0.3, 0.4) is 0 Å². The van der Waals surface area contributed by atoms with Crippen molar-refractivity contribution < 1.29 is 9.47 Å². The van der Waals surface area contributed by atoms with Crippen LogP contribution in [0.2, 0.25) is 0 Å². The number of thioether (sulfide) groups is 1. The second-order valence-electron chi connectivity index (χ2n) is 5.05. The molecule has 0 aliphatic carbocycles. The van der Waals surface area contributed by atoms with Crippen LogP contribution < -0.4 is 10.5 Å². The average molecular weight is 328 g/mol. The van der Waals surface area contributed by atoms with E-state index in [0.29, 0.717) is 18.1 Å². The molecule has 3 N–H and O–H groups in total. The van der Waals surface area contributed by atoms with E-state index in [1.165, 1.54) is 0 Å². The summed E-state index contributed by atoms with van der Waals surface area (Å²) < 4.78 is 10.7. The fourth-order valence-corrected chi connectivity index (χ4v) is 3.10. The van der Waals surface area contributed by atoms with Crippen LogP contribution in [0.25, 0.3) is 0 Å². The van der Waals surface area contributed by atoms with Gasteiger partial charge in [0.2, 0.25) is 11.8 Å². The lowest BCUT2D eigenvalue weighted by Gasteiger charge is -2.24. The molecule has 1 aliphatic heterocycles. The Labute approximate surface area is 138 Å². The molecule has 0 unspecified atom stereocenters. The number of nitrogens with zero attached hydrogens (tertiary/aromatic N) is 2. The number of fused-ring (bicyclic) bond motifs is 1. The quantitative estimate of drug-likeness (QED) is 0.837. The highest BCUT2D eigenvalue weighted by Crippen LogP contribution is 2.43. The lowest BCUT2D eigenvalue weighted by Crippen LogP contribution is -2.21. The summed E-state index contributed by atoms with van der Waals surface area (Å²) in [6, 6.07) is 10.2. The van der Waals surface area contributed by atoms with Crippen molar-refractivity contribution >= 4 is 11.8 Å². The molecule has 0 saturated heterocycles. The molecular weight excluding hydrogens is 312 g/mol. The molecule has 7 heteroatoms. The summed E-state index contributed by atoms with van der Waals surface area (Å²) in [4.78, 5) is 1.15. The largest absolute Gasteiger partial charge is 0.420 e. The van der Waals surface area contributed by atoms with Crippen molar-refractivity contribution in [3.05, 3.63) is 52.5 Å². The lowest BCUT2D eigenvalue weighted by atomic mass is 9.84. The highest BCUT2D eigenvalue weighted by molar-refractivity contribution is 7.98. The number of nitriles is 1. The van der Waals surface area contributed by atoms with Crippen molar-refractivity contribution in [2.24, 2.45) is 5.73 Å². The summed E-state index contributed by atoms with van der Waals surface area (Å²) in [6.07, 6.45) is 2.02. The fourth-order valence-electron chi connectivity index (χ4n) is 2.69. The van der Waals surface area contributed by atoms with Crippen LogP contribution in [0.4, 0.5) is 0 Å². The number of benzene rings is 1. The van der Waals surface area contributed by atoms with Crippen molar-refractivity contribution in [2.45, 2.75) is 17.4 Å². The van der Waals surface area contributed by atoms with Crippen molar-refractivity contribution in [1.29, 1.82) is 5.26 Å². The van der Waals surface area contributed by atoms with Crippen LogP contribution in [0.1, 0.15) is 22.7 Å². The monoisotopic (exact) mass is 328 g/mol. The number of nitrogens with two attached hydrogens (primary N) is 1. The van der Waals surface area contributed by atoms with Gasteiger partial charge in [-0.3, -0.25) is 5.10 Å². The number of rotatable bonds is 4. The van der Waals surface area contributed by atoms with E-state index >= 15 is 0 Å². The van der Waals surface area contributed by atoms with Crippen molar-refractivity contribution in [2.75, 3.05) is 13.4 Å². The van der Waals surface area contributed by atoms with Gasteiger partial charge in [0, 0.05) is 12.0 Å². The third-order valence-electron chi connectivity index (χ3n) is 3.76. The Hall–Kier alpha value is -2.43. The number of hydrogen-bond acceptors (Lipinski definition) is 6. The predicted octanol–water partition coefficient (Wildman–Crippen LogP) is 2.50. The topological polar surface area (TPSA) is 97.0 Å². The van der Waals surface area contributed by atoms with Crippen LogP contribution in [-0.2, 0) is 11.3 Å². The first-order chi connectivity index (χ1) is 11.2. The highest BCUT2D eigenvalue weighted by atomic mass is 32.2. The smallest absolute Gasteiger partial charge is 0.244 e. The molecule has 2 heterocycles. The van der Waals surface area contributed by atoms with E-state index in [9.17, 15) is 5.26 Å². The third-order valence-corrected chi connectivity index (χ3v) is 4.50. The Bertz CT molecular complexity index is 789. The molecule has 3 rings (SSSR count). The zero-order valence-corrected chi connectivity index (χ0v) is 13.6. The maximum Gasteiger partial charge on any atom is 0.244 e. The van der Waals surface area contributed by atoms with Crippen LogP contribution in [0.5, 0.6) is 5.88 Å². The molecule has 1 atom stereocenters. The second-order valence-corrected chi connectivity index (χ2v) is 5.93. The van der Waals surface area contributed by atoms with E-state index in [-0.39, 0.29) is 11.8 Å². The zero-order valence-electron chi connectivity index (χ0n) is 12.8. The minimum atomic E-state index is -0.316. The van der Waals surface area contributed by atoms with Gasteiger partial charge in [0.05, 0.1) is 23.8 Å². The van der Waals surface area contributed by atoms with Crippen LogP contribution >= 0.6 is 11.8 Å². The molecular formula is C16H16N4O2S. The van der Waals surface area contributed by atoms with Gasteiger partial charge >= 0.3 is 0 Å². The third kappa shape index (κ3) is 2.67. The number of H-pyrrole nitrogens is 1. The Kier molecular flexibility index (Phi) is 4.28. The van der Waals surface area contributed by atoms with E-state index in [4.69, 9.17) is 15.2 Å². The molecule has 0 amide bonds. The summed E-state index contributed by atoms with van der Waals surface area (Å²) in [6.45, 7) is 0.351. The molecule has 23 heavy (non-hydrogen) atoms. The van der Waals surface area contributed by atoms with Crippen LogP contribution in [0.15, 0.2) is 40.6 Å². The van der Waals surface area contributed by atoms with E-state index in [1.54, 1.807) is 18.9 Å². The molecule has 1 aromatic carbocycles. The predicted molar refractivity (Wildman–Crippen MR) is 86.8 cm³/mol. The lowest BCUT2D eigenvalue weighted by molar-refractivity contribution is 0.180. The summed E-state index contributed by atoms with van der Waals surface area (Å²) in [7, 11) is 1.61. The number of hydrogen-bond donors (Lipinski definition) is 2. The number of ether oxygens (including phenoxy) is 2. The van der Waals surface area contributed by atoms with E-state index < -0.39 is 0 Å². The van der Waals surface area contributed by atoms with Gasteiger partial charge in [-0.05, 0) is 24.0 Å². The van der Waals surface area contributed by atoms with Gasteiger partial charge in [0.15, 0.2) is 0 Å². The van der Waals surface area contributed by atoms with Gasteiger partial charge in [-0.25, -0.2) is 0 Å². The van der Waals surface area contributed by atoms with Gasteiger partial charge in [-0.2, -0.15) is 5.26 Å². The Morgan fingerprint density at radius 1 is 1.43 bits per heavy atom. The molecule has 0 saturated carbocycles. The Balaban J connectivity index is 2.15. The normalized spacial score (nSPS) is 16.7. The summed E-state index contributed by atoms with van der Waals surface area (Å²) in [5.74, 6) is 0.172. The summed E-state index contributed by atoms with van der Waals surface area (Å²) >= 11 is 1.66. The molecule has 0 bridgehead atoms. The van der Waals surface area contributed by atoms with Gasteiger partial charge in [-0.1, -0.05) is 12.1 Å². The number of aromatic amines is 1. The minimum Gasteiger partial charge on any atom is -0.420 e. The standard InChI is InChI=1S/C16H16N4O2S/c1-21-8-12-14-13(9-3-5-10(23-2)6-4-9)11(7-17)15(18)22-16(14)20-19-12/h3-6,13H,8,18H2,1-2H3,(H,19,20)/t13-/m0/s1. The number of methoxy groups -OCH3 is 1. The first-order valence-electron chi connectivity index (χ1n) is 6.97. The highest BCUT2D eigenvalue weighted by Gasteiger charge is 2.35. The molecule has 1 aliphatic rings. The number of aromatic nitrogens is 2. The van der Waals surface area contributed by atoms with Crippen molar-refractivity contribution in [3.8, 4) is 11.9 Å². The Morgan fingerprint density at radius 2 is 2.17 bits per heavy atom. The van der Waals surface area contributed by atoms with E-state index in [2.05, 4.69) is 16.3 Å². The van der Waals surface area contributed by atoms with E-state index in [1.807, 2.05) is 30.5 Å². The first kappa shape index (κ1) is 15.5. The first-order valence-corrected chi connectivity index (χ1v) is 8.19. The molecule has 118 valence electrons. The maximum atomic E-state index is 9.54. The maximum absolute atomic E-state index is 9.54. The number of nitrogens with one attached hydrogen (secondary N) is 1. The summed E-state index contributed by atoms with van der Waals surface area (Å²) in [5.41, 5.74) is 8.84. The van der Waals surface area contributed by atoms with Crippen LogP contribution in [0, 0.1) is 11.3 Å². The van der Waals surface area contributed by atoms with Gasteiger partial charge in [0.25, 0.3) is 0 Å². The zero-order chi connectivity index (χ0) is 16.4. The Morgan fingerprint density at radius 3 is 2.78 bits per heavy atom. The molecule has 2 aromatic rings. The fraction of sp³-hybridized carbons (Fsp3) is 0.250. The average Bonchev–Trinajstić information content (AvgIpc) is 2.96. The van der Waals surface area contributed by atoms with Crippen molar-refractivity contribution in [3.63, 3.8) is 0 Å². The minimum absolute atomic E-state index is 0.0920. The molecule has 0 fully saturated rings.